The molecule has 1 amide bonds. The Hall–Kier alpha value is -2.98. The molecular weight excluding hydrogens is 464 g/mol. The number of carbonyl (C=O) groups excluding carboxylic acids is 2. The fourth-order valence-corrected chi connectivity index (χ4v) is 5.75. The van der Waals surface area contributed by atoms with E-state index in [1.165, 1.54) is 18.4 Å². The molecule has 0 spiro atoms. The molecule has 176 valence electrons. The van der Waals surface area contributed by atoms with Gasteiger partial charge in [0.05, 0.1) is 35.4 Å². The highest BCUT2D eigenvalue weighted by Crippen LogP contribution is 2.23. The highest BCUT2D eigenvalue weighted by Gasteiger charge is 2.15. The SMILES string of the molecule is CCOc1ccc2c(c1)sc(=NC(=O)CCCS(=O)(=O)Cc1ccccc1)n2CC(=O)OC. The Bertz CT molecular complexity index is 1290. The third kappa shape index (κ3) is 7.00. The quantitative estimate of drug-likeness (QED) is 0.405. The van der Waals surface area contributed by atoms with Crippen LogP contribution in [0, 0.1) is 0 Å². The van der Waals surface area contributed by atoms with Gasteiger partial charge in [-0.2, -0.15) is 4.99 Å². The lowest BCUT2D eigenvalue weighted by atomic mass is 10.2. The summed E-state index contributed by atoms with van der Waals surface area (Å²) in [5.74, 6) is -0.394. The zero-order valence-electron chi connectivity index (χ0n) is 18.5. The molecule has 0 aliphatic carbocycles. The Morgan fingerprint density at radius 2 is 1.88 bits per heavy atom. The fourth-order valence-electron chi connectivity index (χ4n) is 3.25. The maximum absolute atomic E-state index is 12.5. The van der Waals surface area contributed by atoms with Crippen molar-refractivity contribution in [2.45, 2.75) is 32.1 Å². The van der Waals surface area contributed by atoms with E-state index in [2.05, 4.69) is 4.99 Å². The van der Waals surface area contributed by atoms with Crippen LogP contribution in [0.2, 0.25) is 0 Å². The molecule has 1 aromatic heterocycles. The van der Waals surface area contributed by atoms with E-state index in [4.69, 9.17) is 9.47 Å². The van der Waals surface area contributed by atoms with Gasteiger partial charge in [-0.3, -0.25) is 9.59 Å². The molecule has 0 atom stereocenters. The smallest absolute Gasteiger partial charge is 0.325 e. The summed E-state index contributed by atoms with van der Waals surface area (Å²) < 4.78 is 37.4. The molecule has 0 radical (unpaired) electrons. The molecule has 3 aromatic rings. The van der Waals surface area contributed by atoms with E-state index >= 15 is 0 Å². The summed E-state index contributed by atoms with van der Waals surface area (Å²) >= 11 is 1.25. The first-order chi connectivity index (χ1) is 15.8. The molecule has 8 nitrogen and oxygen atoms in total. The van der Waals surface area contributed by atoms with Crippen LogP contribution in [-0.2, 0) is 36.5 Å². The number of amides is 1. The number of ether oxygens (including phenoxy) is 2. The Morgan fingerprint density at radius 3 is 2.58 bits per heavy atom. The van der Waals surface area contributed by atoms with Gasteiger partial charge in [-0.15, -0.1) is 0 Å². The highest BCUT2D eigenvalue weighted by atomic mass is 32.2. The second kappa shape index (κ2) is 11.2. The van der Waals surface area contributed by atoms with Gasteiger partial charge in [0, 0.05) is 6.42 Å². The first-order valence-corrected chi connectivity index (χ1v) is 13.1. The monoisotopic (exact) mass is 490 g/mol. The number of thiazole rings is 1. The molecule has 0 aliphatic rings. The van der Waals surface area contributed by atoms with Crippen LogP contribution >= 0.6 is 11.3 Å². The Kier molecular flexibility index (Phi) is 8.40. The van der Waals surface area contributed by atoms with Gasteiger partial charge < -0.3 is 14.0 Å². The van der Waals surface area contributed by atoms with Crippen molar-refractivity contribution in [1.82, 2.24) is 4.57 Å². The van der Waals surface area contributed by atoms with Crippen molar-refractivity contribution in [2.24, 2.45) is 4.99 Å². The number of rotatable bonds is 10. The normalized spacial score (nSPS) is 12.1. The van der Waals surface area contributed by atoms with Crippen LogP contribution in [0.3, 0.4) is 0 Å². The number of nitrogens with zero attached hydrogens (tertiary/aromatic N) is 2. The largest absolute Gasteiger partial charge is 0.494 e. The first-order valence-electron chi connectivity index (χ1n) is 10.5. The molecule has 33 heavy (non-hydrogen) atoms. The highest BCUT2D eigenvalue weighted by molar-refractivity contribution is 7.90. The van der Waals surface area contributed by atoms with E-state index in [-0.39, 0.29) is 30.9 Å². The van der Waals surface area contributed by atoms with Crippen LogP contribution in [-0.4, -0.2) is 44.3 Å². The molecule has 0 unspecified atom stereocenters. The van der Waals surface area contributed by atoms with Gasteiger partial charge in [-0.05, 0) is 37.1 Å². The van der Waals surface area contributed by atoms with Crippen LogP contribution < -0.4 is 9.54 Å². The number of carbonyl (C=O) groups is 2. The molecule has 0 fully saturated rings. The van der Waals surface area contributed by atoms with Crippen molar-refractivity contribution in [2.75, 3.05) is 19.5 Å². The zero-order chi connectivity index (χ0) is 23.8. The summed E-state index contributed by atoms with van der Waals surface area (Å²) in [5, 5.41) is 0. The first kappa shape index (κ1) is 24.7. The molecule has 0 N–H and O–H groups in total. The Labute approximate surface area is 196 Å². The average Bonchev–Trinajstić information content (AvgIpc) is 3.10. The summed E-state index contributed by atoms with van der Waals surface area (Å²) in [7, 11) is -2.04. The topological polar surface area (TPSA) is 104 Å². The molecule has 0 bridgehead atoms. The fraction of sp³-hybridized carbons (Fsp3) is 0.348. The standard InChI is InChI=1S/C23H26N2O6S2/c1-3-31-18-11-12-19-20(14-18)32-23(25(19)15-22(27)30-2)24-21(26)10-7-13-33(28,29)16-17-8-5-4-6-9-17/h4-6,8-9,11-12,14H,3,7,10,13,15-16H2,1-2H3. The number of esters is 1. The van der Waals surface area contributed by atoms with E-state index in [9.17, 15) is 18.0 Å². The van der Waals surface area contributed by atoms with Crippen molar-refractivity contribution >= 4 is 43.3 Å². The second-order valence-electron chi connectivity index (χ2n) is 7.30. The molecule has 0 saturated carbocycles. The number of aromatic nitrogens is 1. The summed E-state index contributed by atoms with van der Waals surface area (Å²) in [6.07, 6.45) is 0.165. The third-order valence-corrected chi connectivity index (χ3v) is 7.50. The summed E-state index contributed by atoms with van der Waals surface area (Å²) in [5.41, 5.74) is 1.44. The van der Waals surface area contributed by atoms with E-state index < -0.39 is 21.7 Å². The molecule has 3 rings (SSSR count). The number of sulfone groups is 1. The number of fused-ring (bicyclic) bond motifs is 1. The van der Waals surface area contributed by atoms with Crippen LogP contribution in [0.15, 0.2) is 53.5 Å². The minimum atomic E-state index is -3.33. The maximum Gasteiger partial charge on any atom is 0.325 e. The van der Waals surface area contributed by atoms with E-state index in [0.29, 0.717) is 22.7 Å². The minimum Gasteiger partial charge on any atom is -0.494 e. The van der Waals surface area contributed by atoms with Crippen LogP contribution in [0.5, 0.6) is 5.75 Å². The zero-order valence-corrected chi connectivity index (χ0v) is 20.2. The molecular formula is C23H26N2O6S2. The van der Waals surface area contributed by atoms with Crippen LogP contribution in [0.1, 0.15) is 25.3 Å². The second-order valence-corrected chi connectivity index (χ2v) is 10.5. The van der Waals surface area contributed by atoms with Crippen molar-refractivity contribution in [3.8, 4) is 5.75 Å². The lowest BCUT2D eigenvalue weighted by molar-refractivity contribution is -0.141. The van der Waals surface area contributed by atoms with Crippen molar-refractivity contribution < 1.29 is 27.5 Å². The van der Waals surface area contributed by atoms with Gasteiger partial charge in [0.15, 0.2) is 14.6 Å². The van der Waals surface area contributed by atoms with E-state index in [0.717, 1.165) is 10.2 Å². The number of benzene rings is 2. The minimum absolute atomic E-state index is 0.00924. The van der Waals surface area contributed by atoms with Gasteiger partial charge in [-0.25, -0.2) is 8.42 Å². The number of hydrogen-bond donors (Lipinski definition) is 0. The summed E-state index contributed by atoms with van der Waals surface area (Å²) in [4.78, 5) is 28.9. The van der Waals surface area contributed by atoms with E-state index in [1.54, 1.807) is 41.0 Å². The predicted octanol–water partition coefficient (Wildman–Crippen LogP) is 3.10. The Balaban J connectivity index is 1.75. The van der Waals surface area contributed by atoms with Gasteiger partial charge in [0.25, 0.3) is 0 Å². The maximum atomic E-state index is 12.5. The predicted molar refractivity (Wildman–Crippen MR) is 127 cm³/mol. The van der Waals surface area contributed by atoms with Gasteiger partial charge >= 0.3 is 5.97 Å². The summed E-state index contributed by atoms with van der Waals surface area (Å²) in [6.45, 7) is 2.31. The lowest BCUT2D eigenvalue weighted by Crippen LogP contribution is -2.22. The molecule has 1 heterocycles. The van der Waals surface area contributed by atoms with Crippen molar-refractivity contribution in [3.05, 3.63) is 58.9 Å². The van der Waals surface area contributed by atoms with Crippen LogP contribution in [0.25, 0.3) is 10.2 Å². The van der Waals surface area contributed by atoms with Gasteiger partial charge in [0.2, 0.25) is 5.91 Å². The van der Waals surface area contributed by atoms with Gasteiger partial charge in [-0.1, -0.05) is 41.7 Å². The Morgan fingerprint density at radius 1 is 1.12 bits per heavy atom. The average molecular weight is 491 g/mol. The molecule has 2 aromatic carbocycles. The molecule has 0 saturated heterocycles. The van der Waals surface area contributed by atoms with Crippen LogP contribution in [0.4, 0.5) is 0 Å². The summed E-state index contributed by atoms with van der Waals surface area (Å²) in [6, 6.07) is 14.4. The van der Waals surface area contributed by atoms with Crippen molar-refractivity contribution in [1.29, 1.82) is 0 Å². The lowest BCUT2D eigenvalue weighted by Gasteiger charge is -2.05. The number of methoxy groups -OCH3 is 1. The molecule has 0 aliphatic heterocycles. The van der Waals surface area contributed by atoms with Crippen molar-refractivity contribution in [3.63, 3.8) is 0 Å². The number of hydrogen-bond acceptors (Lipinski definition) is 7. The van der Waals surface area contributed by atoms with E-state index in [1.807, 2.05) is 19.1 Å². The van der Waals surface area contributed by atoms with Gasteiger partial charge in [0.1, 0.15) is 12.3 Å². The third-order valence-electron chi connectivity index (χ3n) is 4.78. The molecule has 10 heteroatoms.